The average molecular weight is 511 g/mol. The molecule has 188 valence electrons. The number of thiazole rings is 1. The molecule has 6 rings (SSSR count). The van der Waals surface area contributed by atoms with Gasteiger partial charge in [0.25, 0.3) is 5.91 Å². The second-order valence-corrected chi connectivity index (χ2v) is 11.2. The number of piperidine rings is 1. The van der Waals surface area contributed by atoms with Gasteiger partial charge < -0.3 is 10.6 Å². The molecule has 4 aromatic rings. The van der Waals surface area contributed by atoms with E-state index in [4.69, 9.17) is 4.98 Å². The van der Waals surface area contributed by atoms with Crippen LogP contribution in [-0.2, 0) is 0 Å². The molecule has 2 aromatic heterocycles. The molecule has 2 fully saturated rings. The van der Waals surface area contributed by atoms with Crippen molar-refractivity contribution >= 4 is 33.9 Å². The summed E-state index contributed by atoms with van der Waals surface area (Å²) < 4.78 is 0. The van der Waals surface area contributed by atoms with Crippen molar-refractivity contribution in [2.45, 2.75) is 57.0 Å². The molecule has 1 amide bonds. The van der Waals surface area contributed by atoms with E-state index in [9.17, 15) is 9.59 Å². The van der Waals surface area contributed by atoms with Gasteiger partial charge in [0.15, 0.2) is 0 Å². The number of hydrogen-bond donors (Lipinski definition) is 2. The second kappa shape index (κ2) is 10.1. The maximum Gasteiger partial charge on any atom is 0.254 e. The third-order valence-electron chi connectivity index (χ3n) is 7.28. The van der Waals surface area contributed by atoms with E-state index in [1.165, 1.54) is 0 Å². The zero-order valence-electron chi connectivity index (χ0n) is 20.9. The van der Waals surface area contributed by atoms with Crippen LogP contribution in [0.2, 0.25) is 0 Å². The van der Waals surface area contributed by atoms with E-state index < -0.39 is 6.04 Å². The summed E-state index contributed by atoms with van der Waals surface area (Å²) in [6.45, 7) is 2.89. The smallest absolute Gasteiger partial charge is 0.254 e. The fraction of sp³-hybridized carbons (Fsp3) is 0.333. The molecule has 37 heavy (non-hydrogen) atoms. The second-order valence-electron chi connectivity index (χ2n) is 10.1. The van der Waals surface area contributed by atoms with E-state index in [0.717, 1.165) is 65.0 Å². The number of ketones is 1. The standard InChI is InChI=1S/C30H30N4O2S/c1-18-7-4-9-21(17-18)28-26(34-30(37-28)20-13-14-20)27(35)25(23-12-2-3-15-31-23)33-29(36)22-11-5-8-19-10-6-16-32-24(19)22/h4-11,16-17,20,23,25,31H,2-3,12-15H2,1H3,(H,33,36)/t23?,25-/m0/s1. The average Bonchev–Trinajstić information content (AvgIpc) is 3.69. The molecule has 0 bridgehead atoms. The summed E-state index contributed by atoms with van der Waals surface area (Å²) in [5.74, 6) is 0.0306. The maximum atomic E-state index is 14.3. The van der Waals surface area contributed by atoms with Crippen LogP contribution in [0.4, 0.5) is 0 Å². The number of rotatable bonds is 7. The zero-order valence-corrected chi connectivity index (χ0v) is 21.7. The van der Waals surface area contributed by atoms with Crippen LogP contribution in [-0.4, -0.2) is 40.3 Å². The molecule has 6 nitrogen and oxygen atoms in total. The van der Waals surface area contributed by atoms with Gasteiger partial charge in [-0.15, -0.1) is 11.3 Å². The molecule has 2 atom stereocenters. The summed E-state index contributed by atoms with van der Waals surface area (Å²) >= 11 is 1.63. The number of carbonyl (C=O) groups is 2. The van der Waals surface area contributed by atoms with Crippen LogP contribution in [0.15, 0.2) is 60.8 Å². The van der Waals surface area contributed by atoms with Crippen molar-refractivity contribution in [3.63, 3.8) is 0 Å². The van der Waals surface area contributed by atoms with Gasteiger partial charge in [-0.1, -0.05) is 54.4 Å². The first-order valence-electron chi connectivity index (χ1n) is 13.1. The Bertz CT molecular complexity index is 1460. The highest BCUT2D eigenvalue weighted by Crippen LogP contribution is 2.45. The Hall–Kier alpha value is -3.42. The first-order chi connectivity index (χ1) is 18.1. The minimum atomic E-state index is -0.718. The fourth-order valence-electron chi connectivity index (χ4n) is 5.16. The highest BCUT2D eigenvalue weighted by molar-refractivity contribution is 7.15. The Kier molecular flexibility index (Phi) is 6.57. The van der Waals surface area contributed by atoms with Crippen LogP contribution in [0.3, 0.4) is 0 Å². The summed E-state index contributed by atoms with van der Waals surface area (Å²) in [6.07, 6.45) is 6.83. The van der Waals surface area contributed by atoms with Crippen molar-refractivity contribution in [2.75, 3.05) is 6.54 Å². The molecule has 2 N–H and O–H groups in total. The number of aromatic nitrogens is 2. The van der Waals surface area contributed by atoms with Gasteiger partial charge in [-0.25, -0.2) is 4.98 Å². The van der Waals surface area contributed by atoms with Crippen LogP contribution in [0.1, 0.15) is 69.4 Å². The number of pyridine rings is 1. The van der Waals surface area contributed by atoms with Crippen LogP contribution in [0.25, 0.3) is 21.3 Å². The van der Waals surface area contributed by atoms with Gasteiger partial charge in [0.2, 0.25) is 5.78 Å². The number of fused-ring (bicyclic) bond motifs is 1. The lowest BCUT2D eigenvalue weighted by Gasteiger charge is -2.31. The topological polar surface area (TPSA) is 84.0 Å². The lowest BCUT2D eigenvalue weighted by atomic mass is 9.92. The van der Waals surface area contributed by atoms with Gasteiger partial charge in [0.1, 0.15) is 11.7 Å². The van der Waals surface area contributed by atoms with Crippen molar-refractivity contribution in [2.24, 2.45) is 0 Å². The first-order valence-corrected chi connectivity index (χ1v) is 13.9. The van der Waals surface area contributed by atoms with Crippen molar-refractivity contribution in [1.82, 2.24) is 20.6 Å². The van der Waals surface area contributed by atoms with Gasteiger partial charge in [-0.3, -0.25) is 14.6 Å². The number of hydrogen-bond acceptors (Lipinski definition) is 6. The predicted octanol–water partition coefficient (Wildman–Crippen LogP) is 5.67. The normalized spacial score (nSPS) is 18.5. The van der Waals surface area contributed by atoms with E-state index in [-0.39, 0.29) is 17.7 Å². The highest BCUT2D eigenvalue weighted by atomic mass is 32.1. The molecule has 1 unspecified atom stereocenters. The number of Topliss-reactive ketones (excluding diaryl/α,β-unsaturated/α-hetero) is 1. The van der Waals surface area contributed by atoms with Crippen molar-refractivity contribution in [3.05, 3.63) is 82.6 Å². The van der Waals surface area contributed by atoms with Crippen molar-refractivity contribution < 1.29 is 9.59 Å². The minimum Gasteiger partial charge on any atom is -0.340 e. The Labute approximate surface area is 220 Å². The zero-order chi connectivity index (χ0) is 25.4. The van der Waals surface area contributed by atoms with Crippen molar-refractivity contribution in [1.29, 1.82) is 0 Å². The minimum absolute atomic E-state index is 0.124. The Morgan fingerprint density at radius 2 is 1.89 bits per heavy atom. The predicted molar refractivity (Wildman–Crippen MR) is 147 cm³/mol. The largest absolute Gasteiger partial charge is 0.340 e. The maximum absolute atomic E-state index is 14.3. The van der Waals surface area contributed by atoms with Crippen LogP contribution in [0.5, 0.6) is 0 Å². The molecular formula is C30H30N4O2S. The van der Waals surface area contributed by atoms with Gasteiger partial charge in [-0.2, -0.15) is 0 Å². The van der Waals surface area contributed by atoms with E-state index in [1.54, 1.807) is 23.6 Å². The van der Waals surface area contributed by atoms with Crippen LogP contribution < -0.4 is 10.6 Å². The Balaban J connectivity index is 1.38. The van der Waals surface area contributed by atoms with Gasteiger partial charge in [0, 0.05) is 23.5 Å². The van der Waals surface area contributed by atoms with E-state index in [1.807, 2.05) is 36.4 Å². The summed E-state index contributed by atoms with van der Waals surface area (Å²) in [7, 11) is 0. The molecule has 1 saturated heterocycles. The van der Waals surface area contributed by atoms with E-state index in [0.29, 0.717) is 22.7 Å². The first kappa shape index (κ1) is 23.9. The number of nitrogens with zero attached hydrogens (tertiary/aromatic N) is 2. The molecular weight excluding hydrogens is 480 g/mol. The third kappa shape index (κ3) is 4.93. The Morgan fingerprint density at radius 1 is 1.05 bits per heavy atom. The number of amides is 1. The van der Waals surface area contributed by atoms with Crippen LogP contribution >= 0.6 is 11.3 Å². The number of benzene rings is 2. The quantitative estimate of drug-likeness (QED) is 0.313. The Morgan fingerprint density at radius 3 is 2.68 bits per heavy atom. The number of aryl methyl sites for hydroxylation is 1. The summed E-state index contributed by atoms with van der Waals surface area (Å²) in [5.41, 5.74) is 3.73. The summed E-state index contributed by atoms with van der Waals surface area (Å²) in [6, 6.07) is 16.7. The molecule has 7 heteroatoms. The lowest BCUT2D eigenvalue weighted by Crippen LogP contribution is -2.55. The molecule has 1 aliphatic carbocycles. The van der Waals surface area contributed by atoms with Crippen molar-refractivity contribution in [3.8, 4) is 10.4 Å². The lowest BCUT2D eigenvalue weighted by molar-refractivity contribution is 0.0824. The third-order valence-corrected chi connectivity index (χ3v) is 8.55. The van der Waals surface area contributed by atoms with E-state index in [2.05, 4.69) is 34.7 Å². The SMILES string of the molecule is Cc1cccc(-c2sc(C3CC3)nc2C(=O)[C@@H](NC(=O)c2cccc3cccnc23)C2CCCCN2)c1. The number of carbonyl (C=O) groups excluding carboxylic acids is 2. The molecule has 3 heterocycles. The molecule has 1 aliphatic heterocycles. The van der Waals surface area contributed by atoms with Gasteiger partial charge in [0.05, 0.1) is 21.0 Å². The van der Waals surface area contributed by atoms with Gasteiger partial charge in [-0.05, 0) is 56.8 Å². The number of para-hydroxylation sites is 1. The number of nitrogens with one attached hydrogen (secondary N) is 2. The van der Waals surface area contributed by atoms with Gasteiger partial charge >= 0.3 is 0 Å². The summed E-state index contributed by atoms with van der Waals surface area (Å²) in [5, 5.41) is 8.53. The monoisotopic (exact) mass is 510 g/mol. The highest BCUT2D eigenvalue weighted by Gasteiger charge is 2.37. The molecule has 0 spiro atoms. The van der Waals surface area contributed by atoms with E-state index >= 15 is 0 Å². The molecule has 1 saturated carbocycles. The molecule has 2 aromatic carbocycles. The summed E-state index contributed by atoms with van der Waals surface area (Å²) in [4.78, 5) is 38.2. The molecule has 2 aliphatic rings. The fourth-order valence-corrected chi connectivity index (χ4v) is 6.39. The van der Waals surface area contributed by atoms with Crippen LogP contribution in [0, 0.1) is 6.92 Å². The molecule has 0 radical (unpaired) electrons.